The van der Waals surface area contributed by atoms with Crippen molar-refractivity contribution in [1.29, 1.82) is 0 Å². The number of nitrogens with zero attached hydrogens (tertiary/aromatic N) is 1. The highest BCUT2D eigenvalue weighted by Crippen LogP contribution is 2.40. The Balaban J connectivity index is 2.15. The lowest BCUT2D eigenvalue weighted by Gasteiger charge is -2.20. The van der Waals surface area contributed by atoms with Gasteiger partial charge in [0, 0.05) is 18.2 Å². The van der Waals surface area contributed by atoms with Crippen molar-refractivity contribution in [3.05, 3.63) is 11.1 Å². The highest BCUT2D eigenvalue weighted by atomic mass is 32.1. The van der Waals surface area contributed by atoms with Crippen LogP contribution in [-0.2, 0) is 19.7 Å². The molecular weight excluding hydrogens is 308 g/mol. The lowest BCUT2D eigenvalue weighted by atomic mass is 9.83. The Hall–Kier alpha value is -1.96. The van der Waals surface area contributed by atoms with Gasteiger partial charge < -0.3 is 9.84 Å². The Bertz CT molecular complexity index is 619. The Kier molecular flexibility index (Phi) is 4.23. The van der Waals surface area contributed by atoms with Gasteiger partial charge in [-0.3, -0.25) is 14.9 Å². The first-order valence-electron chi connectivity index (χ1n) is 6.83. The van der Waals surface area contributed by atoms with E-state index in [0.717, 1.165) is 11.3 Å². The molecular formula is C14H18N2O5S. The number of amides is 1. The molecule has 1 amide bonds. The first kappa shape index (κ1) is 16.4. The molecule has 0 radical (unpaired) electrons. The van der Waals surface area contributed by atoms with Gasteiger partial charge in [-0.15, -0.1) is 11.3 Å². The van der Waals surface area contributed by atoms with Gasteiger partial charge >= 0.3 is 12.1 Å². The molecule has 7 nitrogen and oxygen atoms in total. The van der Waals surface area contributed by atoms with Crippen molar-refractivity contribution in [1.82, 2.24) is 4.98 Å². The number of thiazole rings is 1. The lowest BCUT2D eigenvalue weighted by molar-refractivity contribution is -0.144. The summed E-state index contributed by atoms with van der Waals surface area (Å²) in [6, 6.07) is 0. The second-order valence-corrected chi connectivity index (χ2v) is 7.13. The standard InChI is InChI=1S/C14H18N2O5S/c1-13(2,3)21-12(20)16-11-15-9(7-22-11)14(10(18)19)5-4-8(17)6-14/h7H,4-6H2,1-3H3,(H,18,19)(H,15,16,20). The summed E-state index contributed by atoms with van der Waals surface area (Å²) < 4.78 is 5.11. The van der Waals surface area contributed by atoms with Gasteiger partial charge in [0.2, 0.25) is 0 Å². The third-order valence-corrected chi connectivity index (χ3v) is 4.10. The molecule has 1 aromatic rings. The van der Waals surface area contributed by atoms with Gasteiger partial charge in [-0.1, -0.05) is 0 Å². The first-order chi connectivity index (χ1) is 10.1. The molecule has 120 valence electrons. The van der Waals surface area contributed by atoms with Crippen molar-refractivity contribution in [2.75, 3.05) is 5.32 Å². The maximum atomic E-state index is 11.7. The fourth-order valence-electron chi connectivity index (χ4n) is 2.32. The predicted octanol–water partition coefficient (Wildman–Crippen LogP) is 2.57. The van der Waals surface area contributed by atoms with Gasteiger partial charge in [-0.25, -0.2) is 9.78 Å². The zero-order chi connectivity index (χ0) is 16.5. The topological polar surface area (TPSA) is 106 Å². The molecule has 2 N–H and O–H groups in total. The molecule has 1 aromatic heterocycles. The van der Waals surface area contributed by atoms with E-state index in [-0.39, 0.29) is 30.2 Å². The number of aliphatic carboxylic acids is 1. The van der Waals surface area contributed by atoms with Crippen LogP contribution in [0.5, 0.6) is 0 Å². The van der Waals surface area contributed by atoms with E-state index in [1.807, 2.05) is 0 Å². The minimum absolute atomic E-state index is 0.0576. The summed E-state index contributed by atoms with van der Waals surface area (Å²) in [6.07, 6.45) is -0.242. The fourth-order valence-corrected chi connectivity index (χ4v) is 3.11. The maximum absolute atomic E-state index is 11.7. The molecule has 8 heteroatoms. The molecule has 1 saturated carbocycles. The molecule has 1 heterocycles. The zero-order valence-electron chi connectivity index (χ0n) is 12.6. The summed E-state index contributed by atoms with van der Waals surface area (Å²) in [7, 11) is 0. The number of nitrogens with one attached hydrogen (secondary N) is 1. The molecule has 1 fully saturated rings. The molecule has 1 aliphatic carbocycles. The van der Waals surface area contributed by atoms with E-state index < -0.39 is 23.1 Å². The van der Waals surface area contributed by atoms with Crippen LogP contribution in [-0.4, -0.2) is 33.5 Å². The van der Waals surface area contributed by atoms with E-state index in [0.29, 0.717) is 5.69 Å². The Morgan fingerprint density at radius 2 is 2.14 bits per heavy atom. The third-order valence-electron chi connectivity index (χ3n) is 3.34. The molecule has 0 saturated heterocycles. The van der Waals surface area contributed by atoms with Crippen molar-refractivity contribution in [2.24, 2.45) is 0 Å². The smallest absolute Gasteiger partial charge is 0.413 e. The van der Waals surface area contributed by atoms with Crippen LogP contribution in [0.1, 0.15) is 45.7 Å². The zero-order valence-corrected chi connectivity index (χ0v) is 13.5. The number of carbonyl (C=O) groups excluding carboxylic acids is 2. The normalized spacial score (nSPS) is 21.7. The number of rotatable bonds is 3. The molecule has 1 aliphatic rings. The number of hydrogen-bond donors (Lipinski definition) is 2. The Labute approximate surface area is 131 Å². The maximum Gasteiger partial charge on any atom is 0.413 e. The number of anilines is 1. The van der Waals surface area contributed by atoms with Crippen molar-refractivity contribution in [3.63, 3.8) is 0 Å². The largest absolute Gasteiger partial charge is 0.481 e. The molecule has 22 heavy (non-hydrogen) atoms. The number of ketones is 1. The van der Waals surface area contributed by atoms with E-state index in [1.165, 1.54) is 0 Å². The monoisotopic (exact) mass is 326 g/mol. The van der Waals surface area contributed by atoms with Crippen LogP contribution < -0.4 is 5.32 Å². The second kappa shape index (κ2) is 5.68. The SMILES string of the molecule is CC(C)(C)OC(=O)Nc1nc(C2(C(=O)O)CCC(=O)C2)cs1. The predicted molar refractivity (Wildman–Crippen MR) is 80.1 cm³/mol. The molecule has 1 unspecified atom stereocenters. The molecule has 0 aliphatic heterocycles. The third kappa shape index (κ3) is 3.44. The van der Waals surface area contributed by atoms with E-state index in [2.05, 4.69) is 10.3 Å². The minimum Gasteiger partial charge on any atom is -0.481 e. The quantitative estimate of drug-likeness (QED) is 0.884. The molecule has 0 aromatic carbocycles. The van der Waals surface area contributed by atoms with Crippen LogP contribution in [0.3, 0.4) is 0 Å². The highest BCUT2D eigenvalue weighted by molar-refractivity contribution is 7.14. The van der Waals surface area contributed by atoms with Crippen LogP contribution in [0.15, 0.2) is 5.38 Å². The number of ether oxygens (including phenoxy) is 1. The van der Waals surface area contributed by atoms with Gasteiger partial charge in [0.25, 0.3) is 0 Å². The van der Waals surface area contributed by atoms with Crippen LogP contribution >= 0.6 is 11.3 Å². The van der Waals surface area contributed by atoms with Gasteiger partial charge in [0.1, 0.15) is 16.8 Å². The number of hydrogen-bond acceptors (Lipinski definition) is 6. The van der Waals surface area contributed by atoms with E-state index >= 15 is 0 Å². The molecule has 0 spiro atoms. The average molecular weight is 326 g/mol. The number of carboxylic acids is 1. The van der Waals surface area contributed by atoms with Crippen molar-refractivity contribution >= 4 is 34.3 Å². The number of carboxylic acid groups (broad SMARTS) is 1. The van der Waals surface area contributed by atoms with Crippen LogP contribution in [0.25, 0.3) is 0 Å². The second-order valence-electron chi connectivity index (χ2n) is 6.27. The summed E-state index contributed by atoms with van der Waals surface area (Å²) >= 11 is 1.11. The Morgan fingerprint density at radius 1 is 1.45 bits per heavy atom. The Morgan fingerprint density at radius 3 is 2.64 bits per heavy atom. The van der Waals surface area contributed by atoms with E-state index in [4.69, 9.17) is 4.74 Å². The minimum atomic E-state index is -1.28. The average Bonchev–Trinajstić information content (AvgIpc) is 2.94. The van der Waals surface area contributed by atoms with E-state index in [9.17, 15) is 19.5 Å². The number of Topliss-reactive ketones (excluding diaryl/α,β-unsaturated/α-hetero) is 1. The molecule has 1 atom stereocenters. The van der Waals surface area contributed by atoms with Gasteiger partial charge in [-0.05, 0) is 27.2 Å². The molecule has 2 rings (SSSR count). The van der Waals surface area contributed by atoms with Crippen molar-refractivity contribution < 1.29 is 24.2 Å². The van der Waals surface area contributed by atoms with Gasteiger partial charge in [0.15, 0.2) is 5.13 Å². The summed E-state index contributed by atoms with van der Waals surface area (Å²) in [6.45, 7) is 5.22. The van der Waals surface area contributed by atoms with Crippen LogP contribution in [0.2, 0.25) is 0 Å². The van der Waals surface area contributed by atoms with Crippen molar-refractivity contribution in [3.8, 4) is 0 Å². The lowest BCUT2D eigenvalue weighted by Crippen LogP contribution is -2.33. The van der Waals surface area contributed by atoms with Gasteiger partial charge in [0.05, 0.1) is 5.69 Å². The summed E-state index contributed by atoms with van der Waals surface area (Å²) in [5, 5.41) is 13.8. The van der Waals surface area contributed by atoms with E-state index in [1.54, 1.807) is 26.2 Å². The first-order valence-corrected chi connectivity index (χ1v) is 7.71. The fraction of sp³-hybridized carbons (Fsp3) is 0.571. The summed E-state index contributed by atoms with van der Waals surface area (Å²) in [5.41, 5.74) is -1.60. The van der Waals surface area contributed by atoms with Crippen LogP contribution in [0.4, 0.5) is 9.93 Å². The molecule has 0 bridgehead atoms. The highest BCUT2D eigenvalue weighted by Gasteiger charge is 2.48. The number of aromatic nitrogens is 1. The summed E-state index contributed by atoms with van der Waals surface area (Å²) in [5.74, 6) is -1.15. The van der Waals surface area contributed by atoms with Crippen LogP contribution in [0, 0.1) is 0 Å². The summed E-state index contributed by atoms with van der Waals surface area (Å²) in [4.78, 5) is 38.9. The number of carbonyl (C=O) groups is 3. The van der Waals surface area contributed by atoms with Crippen molar-refractivity contribution in [2.45, 2.75) is 51.0 Å². The van der Waals surface area contributed by atoms with Gasteiger partial charge in [-0.2, -0.15) is 0 Å².